The molecule has 11 heteroatoms. The molecule has 1 fully saturated rings. The summed E-state index contributed by atoms with van der Waals surface area (Å²) in [5, 5.41) is 8.15. The van der Waals surface area contributed by atoms with Gasteiger partial charge in [0, 0.05) is 42.9 Å². The molecule has 4 amide bonds. The molecular weight excluding hydrogens is 456 g/mol. The summed E-state index contributed by atoms with van der Waals surface area (Å²) in [4.78, 5) is 50.2. The highest BCUT2D eigenvalue weighted by Crippen LogP contribution is 2.32. The van der Waals surface area contributed by atoms with Gasteiger partial charge in [-0.15, -0.1) is 0 Å². The third-order valence-electron chi connectivity index (χ3n) is 5.68. The van der Waals surface area contributed by atoms with Crippen LogP contribution < -0.4 is 16.0 Å². The van der Waals surface area contributed by atoms with Gasteiger partial charge in [0.15, 0.2) is 0 Å². The average Bonchev–Trinajstić information content (AvgIpc) is 3.18. The molecule has 3 N–H and O–H groups in total. The molecule has 2 aliphatic heterocycles. The molecule has 1 aromatic rings. The molecule has 1 unspecified atom stereocenters. The first kappa shape index (κ1) is 26.6. The zero-order valence-corrected chi connectivity index (χ0v) is 20.1. The number of carbonyl (C=O) groups is 4. The van der Waals surface area contributed by atoms with Crippen LogP contribution in [-0.2, 0) is 35.1 Å². The summed E-state index contributed by atoms with van der Waals surface area (Å²) in [6.45, 7) is 5.82. The van der Waals surface area contributed by atoms with Gasteiger partial charge in [0.05, 0.1) is 39.6 Å². The normalized spacial score (nSPS) is 17.3. The second-order valence-electron chi connectivity index (χ2n) is 8.27. The van der Waals surface area contributed by atoms with E-state index in [2.05, 4.69) is 22.9 Å². The summed E-state index contributed by atoms with van der Waals surface area (Å²) in [5.41, 5.74) is 1.89. The van der Waals surface area contributed by atoms with Gasteiger partial charge >= 0.3 is 0 Å². The summed E-state index contributed by atoms with van der Waals surface area (Å²) in [5.74, 6) is -1.24. The zero-order chi connectivity index (χ0) is 25.0. The van der Waals surface area contributed by atoms with E-state index in [1.807, 2.05) is 0 Å². The van der Waals surface area contributed by atoms with E-state index in [1.54, 1.807) is 18.2 Å². The molecule has 192 valence electrons. The van der Waals surface area contributed by atoms with Crippen molar-refractivity contribution >= 4 is 29.3 Å². The Hall–Kier alpha value is -3.02. The molecule has 1 atom stereocenters. The minimum Gasteiger partial charge on any atom is -0.379 e. The maximum atomic E-state index is 12.9. The molecule has 1 aromatic carbocycles. The van der Waals surface area contributed by atoms with E-state index in [4.69, 9.17) is 14.2 Å². The number of amides is 4. The fraction of sp³-hybridized carbons (Fsp3) is 0.583. The quantitative estimate of drug-likeness (QED) is 0.238. The van der Waals surface area contributed by atoms with Crippen molar-refractivity contribution in [3.8, 4) is 0 Å². The van der Waals surface area contributed by atoms with E-state index in [0.717, 1.165) is 18.6 Å². The summed E-state index contributed by atoms with van der Waals surface area (Å²) in [6.07, 6.45) is 1.49. The lowest BCUT2D eigenvalue weighted by Gasteiger charge is -2.29. The van der Waals surface area contributed by atoms with Gasteiger partial charge in [-0.05, 0) is 25.0 Å². The third-order valence-corrected chi connectivity index (χ3v) is 5.68. The SMILES string of the molecule is CCCOCCOCCOCCNC(=O)CNc1cccc2c1CN(C1CCC(=O)NC1=O)C2=O. The number of ether oxygens (including phenoxy) is 3. The highest BCUT2D eigenvalue weighted by molar-refractivity contribution is 6.06. The first-order valence-corrected chi connectivity index (χ1v) is 12.0. The Balaban J connectivity index is 1.35. The molecule has 2 aliphatic rings. The molecule has 2 heterocycles. The summed E-state index contributed by atoms with van der Waals surface area (Å²) < 4.78 is 16.1. The lowest BCUT2D eigenvalue weighted by Crippen LogP contribution is -2.52. The maximum absolute atomic E-state index is 12.9. The van der Waals surface area contributed by atoms with E-state index < -0.39 is 11.9 Å². The Bertz CT molecular complexity index is 908. The number of carbonyl (C=O) groups excluding carboxylic acids is 4. The summed E-state index contributed by atoms with van der Waals surface area (Å²) in [7, 11) is 0. The molecule has 11 nitrogen and oxygen atoms in total. The number of anilines is 1. The van der Waals surface area contributed by atoms with Crippen LogP contribution in [0.15, 0.2) is 18.2 Å². The number of rotatable bonds is 15. The van der Waals surface area contributed by atoms with Crippen LogP contribution in [0.5, 0.6) is 0 Å². The topological polar surface area (TPSA) is 135 Å². The van der Waals surface area contributed by atoms with Gasteiger partial charge in [-0.1, -0.05) is 13.0 Å². The molecule has 0 saturated carbocycles. The van der Waals surface area contributed by atoms with Gasteiger partial charge in [-0.2, -0.15) is 0 Å². The van der Waals surface area contributed by atoms with Crippen molar-refractivity contribution in [3.05, 3.63) is 29.3 Å². The predicted octanol–water partition coefficient (Wildman–Crippen LogP) is 0.436. The number of imide groups is 1. The predicted molar refractivity (Wildman–Crippen MR) is 127 cm³/mol. The van der Waals surface area contributed by atoms with Crippen LogP contribution >= 0.6 is 0 Å². The monoisotopic (exact) mass is 490 g/mol. The number of nitrogens with one attached hydrogen (secondary N) is 3. The Morgan fingerprint density at radius 1 is 1.06 bits per heavy atom. The summed E-state index contributed by atoms with van der Waals surface area (Å²) >= 11 is 0. The van der Waals surface area contributed by atoms with Crippen LogP contribution in [0.25, 0.3) is 0 Å². The van der Waals surface area contributed by atoms with Crippen molar-refractivity contribution in [2.24, 2.45) is 0 Å². The largest absolute Gasteiger partial charge is 0.379 e. The highest BCUT2D eigenvalue weighted by atomic mass is 16.5. The molecule has 0 spiro atoms. The van der Waals surface area contributed by atoms with Crippen LogP contribution in [0.2, 0.25) is 0 Å². The van der Waals surface area contributed by atoms with Crippen molar-refractivity contribution in [1.82, 2.24) is 15.5 Å². The fourth-order valence-electron chi connectivity index (χ4n) is 3.94. The minimum absolute atomic E-state index is 0.0317. The Labute approximate surface area is 204 Å². The Kier molecular flexibility index (Phi) is 10.5. The zero-order valence-electron chi connectivity index (χ0n) is 20.1. The van der Waals surface area contributed by atoms with Crippen molar-refractivity contribution in [2.75, 3.05) is 58.0 Å². The standard InChI is InChI=1S/C24H34N4O7/c1-2-9-33-11-13-35-14-12-34-10-8-25-22(30)15-26-19-5-3-4-17-18(19)16-28(24(17)32)20-6-7-21(29)27-23(20)31/h3-5,20,26H,2,6-16H2,1H3,(H,25,30)(H,27,29,31). The van der Waals surface area contributed by atoms with Crippen molar-refractivity contribution in [2.45, 2.75) is 38.8 Å². The van der Waals surface area contributed by atoms with E-state index >= 15 is 0 Å². The van der Waals surface area contributed by atoms with Crippen LogP contribution in [0.3, 0.4) is 0 Å². The maximum Gasteiger partial charge on any atom is 0.255 e. The number of piperidine rings is 1. The number of hydrogen-bond acceptors (Lipinski definition) is 8. The smallest absolute Gasteiger partial charge is 0.255 e. The lowest BCUT2D eigenvalue weighted by molar-refractivity contribution is -0.137. The molecule has 3 rings (SSSR count). The van der Waals surface area contributed by atoms with Crippen LogP contribution in [0.1, 0.15) is 42.1 Å². The Morgan fingerprint density at radius 2 is 1.77 bits per heavy atom. The van der Waals surface area contributed by atoms with Crippen molar-refractivity contribution in [3.63, 3.8) is 0 Å². The number of fused-ring (bicyclic) bond motifs is 1. The van der Waals surface area contributed by atoms with Crippen LogP contribution in [0.4, 0.5) is 5.69 Å². The first-order valence-electron chi connectivity index (χ1n) is 12.0. The minimum atomic E-state index is -0.677. The van der Waals surface area contributed by atoms with Gasteiger partial charge < -0.3 is 29.7 Å². The van der Waals surface area contributed by atoms with Gasteiger partial charge in [-0.25, -0.2) is 0 Å². The molecule has 1 saturated heterocycles. The van der Waals surface area contributed by atoms with Crippen LogP contribution in [-0.4, -0.2) is 87.3 Å². The van der Waals surface area contributed by atoms with E-state index in [1.165, 1.54) is 4.90 Å². The number of hydrogen-bond donors (Lipinski definition) is 3. The second kappa shape index (κ2) is 13.8. The van der Waals surface area contributed by atoms with Crippen molar-refractivity contribution in [1.29, 1.82) is 0 Å². The highest BCUT2D eigenvalue weighted by Gasteiger charge is 2.39. The molecule has 0 aliphatic carbocycles. The lowest BCUT2D eigenvalue weighted by atomic mass is 10.0. The Morgan fingerprint density at radius 3 is 2.49 bits per heavy atom. The third kappa shape index (κ3) is 7.74. The molecule has 0 radical (unpaired) electrons. The first-order chi connectivity index (χ1) is 17.0. The van der Waals surface area contributed by atoms with E-state index in [-0.39, 0.29) is 37.2 Å². The van der Waals surface area contributed by atoms with Crippen molar-refractivity contribution < 1.29 is 33.4 Å². The molecule has 0 aromatic heterocycles. The number of nitrogens with zero attached hydrogens (tertiary/aromatic N) is 1. The van der Waals surface area contributed by atoms with E-state index in [0.29, 0.717) is 57.3 Å². The molecular formula is C24H34N4O7. The number of benzene rings is 1. The summed E-state index contributed by atoms with van der Waals surface area (Å²) in [6, 6.07) is 4.55. The van der Waals surface area contributed by atoms with Gasteiger partial charge in [0.1, 0.15) is 6.04 Å². The van der Waals surface area contributed by atoms with Crippen LogP contribution in [0, 0.1) is 0 Å². The second-order valence-corrected chi connectivity index (χ2v) is 8.27. The van der Waals surface area contributed by atoms with Gasteiger partial charge in [-0.3, -0.25) is 24.5 Å². The molecule has 0 bridgehead atoms. The molecule has 35 heavy (non-hydrogen) atoms. The van der Waals surface area contributed by atoms with E-state index in [9.17, 15) is 19.2 Å². The van der Waals surface area contributed by atoms with Gasteiger partial charge in [0.2, 0.25) is 17.7 Å². The average molecular weight is 491 g/mol. The fourth-order valence-corrected chi connectivity index (χ4v) is 3.94. The van der Waals surface area contributed by atoms with Gasteiger partial charge in [0.25, 0.3) is 5.91 Å².